The van der Waals surface area contributed by atoms with Gasteiger partial charge in [0.1, 0.15) is 12.0 Å². The van der Waals surface area contributed by atoms with Gasteiger partial charge in [0, 0.05) is 58.4 Å². The molecule has 0 radical (unpaired) electrons. The van der Waals surface area contributed by atoms with E-state index < -0.39 is 0 Å². The average molecular weight is 387 g/mol. The van der Waals surface area contributed by atoms with Crippen molar-refractivity contribution in [2.75, 3.05) is 45.9 Å². The van der Waals surface area contributed by atoms with Crippen LogP contribution in [-0.2, 0) is 17.7 Å². The summed E-state index contributed by atoms with van der Waals surface area (Å²) in [6.07, 6.45) is 6.70. The number of aromatic nitrogens is 1. The van der Waals surface area contributed by atoms with Gasteiger partial charge in [-0.05, 0) is 25.0 Å². The Balaban J connectivity index is 1.30. The van der Waals surface area contributed by atoms with Gasteiger partial charge in [-0.2, -0.15) is 0 Å². The summed E-state index contributed by atoms with van der Waals surface area (Å²) < 4.78 is 16.1. The Kier molecular flexibility index (Phi) is 6.62. The normalized spacial score (nSPS) is 21.4. The molecule has 0 amide bonds. The predicted octanol–water partition coefficient (Wildman–Crippen LogP) is 1.75. The van der Waals surface area contributed by atoms with Crippen molar-refractivity contribution in [2.45, 2.75) is 31.9 Å². The molecule has 2 aliphatic heterocycles. The smallest absolute Gasteiger partial charge is 0.194 e. The number of nitrogens with one attached hydrogen (secondary N) is 1. The molecule has 0 aromatic carbocycles. The Bertz CT molecular complexity index is 702. The molecule has 8 nitrogen and oxygen atoms in total. The van der Waals surface area contributed by atoms with Gasteiger partial charge in [0.15, 0.2) is 5.96 Å². The van der Waals surface area contributed by atoms with Crippen molar-refractivity contribution in [1.82, 2.24) is 20.3 Å². The second kappa shape index (κ2) is 9.75. The number of nitrogens with zero attached hydrogens (tertiary/aromatic N) is 4. The molecule has 0 spiro atoms. The summed E-state index contributed by atoms with van der Waals surface area (Å²) in [5, 5.41) is 7.54. The Morgan fingerprint density at radius 3 is 2.86 bits per heavy atom. The lowest BCUT2D eigenvalue weighted by atomic mass is 10.2. The van der Waals surface area contributed by atoms with Gasteiger partial charge in [0.05, 0.1) is 24.6 Å². The Morgan fingerprint density at radius 2 is 2.14 bits per heavy atom. The Hall–Kier alpha value is -2.32. The Labute approximate surface area is 165 Å². The van der Waals surface area contributed by atoms with Crippen LogP contribution in [0.5, 0.6) is 0 Å². The van der Waals surface area contributed by atoms with Gasteiger partial charge >= 0.3 is 0 Å². The second-order valence-electron chi connectivity index (χ2n) is 7.31. The maximum atomic E-state index is 5.74. The number of hydrogen-bond acceptors (Lipinski definition) is 6. The zero-order valence-corrected chi connectivity index (χ0v) is 16.3. The quantitative estimate of drug-likeness (QED) is 0.573. The molecule has 2 aliphatic rings. The van der Waals surface area contributed by atoms with E-state index in [4.69, 9.17) is 18.7 Å². The van der Waals surface area contributed by atoms with Gasteiger partial charge < -0.3 is 23.9 Å². The van der Waals surface area contributed by atoms with Gasteiger partial charge in [-0.15, -0.1) is 0 Å². The molecule has 8 heteroatoms. The van der Waals surface area contributed by atoms with Gasteiger partial charge in [-0.1, -0.05) is 5.16 Å². The van der Waals surface area contributed by atoms with E-state index in [1.807, 2.05) is 18.2 Å². The summed E-state index contributed by atoms with van der Waals surface area (Å²) in [4.78, 5) is 9.62. The minimum absolute atomic E-state index is 0.260. The third-order valence-electron chi connectivity index (χ3n) is 5.25. The highest BCUT2D eigenvalue weighted by Crippen LogP contribution is 2.13. The molecule has 0 bridgehead atoms. The van der Waals surface area contributed by atoms with E-state index in [1.54, 1.807) is 12.5 Å². The first-order chi connectivity index (χ1) is 13.9. The maximum Gasteiger partial charge on any atom is 0.194 e. The number of aliphatic imine (C=N–C) groups is 1. The molecule has 4 heterocycles. The van der Waals surface area contributed by atoms with Gasteiger partial charge in [0.25, 0.3) is 0 Å². The number of rotatable bonds is 7. The van der Waals surface area contributed by atoms with Crippen LogP contribution in [0.2, 0.25) is 0 Å². The van der Waals surface area contributed by atoms with E-state index in [0.717, 1.165) is 89.1 Å². The highest BCUT2D eigenvalue weighted by atomic mass is 16.5. The fourth-order valence-electron chi connectivity index (χ4n) is 3.66. The number of furan rings is 1. The summed E-state index contributed by atoms with van der Waals surface area (Å²) in [6.45, 7) is 7.06. The van der Waals surface area contributed by atoms with E-state index in [0.29, 0.717) is 0 Å². The minimum Gasteiger partial charge on any atom is -0.469 e. The summed E-state index contributed by atoms with van der Waals surface area (Å²) in [5.41, 5.74) is 0.984. The molecular formula is C20H29N5O3. The van der Waals surface area contributed by atoms with Crippen LogP contribution in [0.4, 0.5) is 0 Å². The number of hydrogen-bond donors (Lipinski definition) is 1. The SMILES string of the molecule is c1coc(CCNC(=NCC2CCCO2)N2CCN(Cc3ccon3)CC2)c1. The highest BCUT2D eigenvalue weighted by molar-refractivity contribution is 5.80. The fourth-order valence-corrected chi connectivity index (χ4v) is 3.66. The molecule has 1 unspecified atom stereocenters. The summed E-state index contributed by atoms with van der Waals surface area (Å²) >= 11 is 0. The molecular weight excluding hydrogens is 358 g/mol. The largest absolute Gasteiger partial charge is 0.469 e. The van der Waals surface area contributed by atoms with Crippen molar-refractivity contribution in [3.8, 4) is 0 Å². The first kappa shape index (κ1) is 19.0. The molecule has 2 fully saturated rings. The van der Waals surface area contributed by atoms with Crippen molar-refractivity contribution in [1.29, 1.82) is 0 Å². The van der Waals surface area contributed by atoms with Crippen LogP contribution in [0.3, 0.4) is 0 Å². The van der Waals surface area contributed by atoms with Crippen molar-refractivity contribution in [3.63, 3.8) is 0 Å². The van der Waals surface area contributed by atoms with Crippen LogP contribution < -0.4 is 5.32 Å². The summed E-state index contributed by atoms with van der Waals surface area (Å²) in [5.74, 6) is 1.96. The first-order valence-corrected chi connectivity index (χ1v) is 10.2. The van der Waals surface area contributed by atoms with Crippen LogP contribution in [0, 0.1) is 0 Å². The molecule has 2 aromatic heterocycles. The van der Waals surface area contributed by atoms with E-state index in [-0.39, 0.29) is 6.10 Å². The standard InChI is InChI=1S/C20H29N5O3/c1-3-18(26-12-1)5-7-21-20(22-15-19-4-2-13-27-19)25-10-8-24(9-11-25)16-17-6-14-28-23-17/h1,3,6,12,14,19H,2,4-5,7-11,13,15-16H2,(H,21,22). The molecule has 152 valence electrons. The molecule has 0 aliphatic carbocycles. The fraction of sp³-hybridized carbons (Fsp3) is 0.600. The Morgan fingerprint density at radius 1 is 1.21 bits per heavy atom. The van der Waals surface area contributed by atoms with Crippen LogP contribution >= 0.6 is 0 Å². The monoisotopic (exact) mass is 387 g/mol. The van der Waals surface area contributed by atoms with Gasteiger partial charge in [-0.25, -0.2) is 0 Å². The highest BCUT2D eigenvalue weighted by Gasteiger charge is 2.21. The average Bonchev–Trinajstić information content (AvgIpc) is 3.49. The summed E-state index contributed by atoms with van der Waals surface area (Å²) in [7, 11) is 0. The van der Waals surface area contributed by atoms with E-state index in [1.165, 1.54) is 0 Å². The van der Waals surface area contributed by atoms with E-state index in [2.05, 4.69) is 20.3 Å². The van der Waals surface area contributed by atoms with Crippen molar-refractivity contribution >= 4 is 5.96 Å². The zero-order chi connectivity index (χ0) is 19.0. The minimum atomic E-state index is 0.260. The lowest BCUT2D eigenvalue weighted by molar-refractivity contribution is 0.117. The zero-order valence-electron chi connectivity index (χ0n) is 16.3. The number of ether oxygens (including phenoxy) is 1. The third kappa shape index (κ3) is 5.36. The van der Waals surface area contributed by atoms with Gasteiger partial charge in [0.2, 0.25) is 0 Å². The van der Waals surface area contributed by atoms with Crippen LogP contribution in [0.1, 0.15) is 24.3 Å². The molecule has 2 aromatic rings. The van der Waals surface area contributed by atoms with Crippen molar-refractivity contribution in [3.05, 3.63) is 42.2 Å². The summed E-state index contributed by atoms with van der Waals surface area (Å²) in [6, 6.07) is 5.86. The first-order valence-electron chi connectivity index (χ1n) is 10.2. The number of piperazine rings is 1. The molecule has 2 saturated heterocycles. The predicted molar refractivity (Wildman–Crippen MR) is 105 cm³/mol. The van der Waals surface area contributed by atoms with Crippen LogP contribution in [-0.4, -0.2) is 72.9 Å². The topological polar surface area (TPSA) is 79.3 Å². The lowest BCUT2D eigenvalue weighted by Gasteiger charge is -2.36. The van der Waals surface area contributed by atoms with E-state index in [9.17, 15) is 0 Å². The number of guanidine groups is 1. The lowest BCUT2D eigenvalue weighted by Crippen LogP contribution is -2.52. The molecule has 28 heavy (non-hydrogen) atoms. The third-order valence-corrected chi connectivity index (χ3v) is 5.25. The van der Waals surface area contributed by atoms with Crippen molar-refractivity contribution < 1.29 is 13.7 Å². The molecule has 1 N–H and O–H groups in total. The molecule has 0 saturated carbocycles. The van der Waals surface area contributed by atoms with Crippen molar-refractivity contribution in [2.24, 2.45) is 4.99 Å². The van der Waals surface area contributed by atoms with Gasteiger partial charge in [-0.3, -0.25) is 9.89 Å². The maximum absolute atomic E-state index is 5.74. The van der Waals surface area contributed by atoms with Crippen LogP contribution in [0.15, 0.2) is 44.7 Å². The second-order valence-corrected chi connectivity index (χ2v) is 7.31. The van der Waals surface area contributed by atoms with Crippen LogP contribution in [0.25, 0.3) is 0 Å². The van der Waals surface area contributed by atoms with E-state index >= 15 is 0 Å². The molecule has 1 atom stereocenters. The molecule has 4 rings (SSSR count).